The zero-order valence-electron chi connectivity index (χ0n) is 14.4. The molecule has 22 heavy (non-hydrogen) atoms. The molecule has 0 bridgehead atoms. The van der Waals surface area contributed by atoms with Crippen molar-refractivity contribution in [2.75, 3.05) is 6.54 Å². The number of fused-ring (bicyclic) bond motifs is 2. The van der Waals surface area contributed by atoms with Gasteiger partial charge in [0.2, 0.25) is 0 Å². The number of carbonyl (C=O) groups excluding carboxylic acids is 1. The molecular weight excluding hydrogens is 274 g/mol. The number of allylic oxidation sites excluding steroid dienone is 1. The van der Waals surface area contributed by atoms with Gasteiger partial charge in [0.25, 0.3) is 0 Å². The van der Waals surface area contributed by atoms with Crippen LogP contribution in [0.3, 0.4) is 0 Å². The number of hydrogen-bond acceptors (Lipinski definition) is 3. The number of esters is 1. The van der Waals surface area contributed by atoms with Crippen LogP contribution >= 0.6 is 0 Å². The fourth-order valence-electron chi connectivity index (χ4n) is 4.96. The summed E-state index contributed by atoms with van der Waals surface area (Å²) in [5.74, 6) is 1.04. The standard InChI is InChI=1S/C19H31NO2/c1-5-13(3)20-11-15-14-9-16-12(2)7-6-8-19(16,4)10-17(14)22-18(15)21/h13-17,20H,2,5-11H2,1,3-4H3/t13?,14-,15?,16?,17-,19-/m1/s1. The average Bonchev–Trinajstić information content (AvgIpc) is 2.77. The van der Waals surface area contributed by atoms with Crippen molar-refractivity contribution in [1.82, 2.24) is 5.32 Å². The van der Waals surface area contributed by atoms with Crippen molar-refractivity contribution in [3.05, 3.63) is 12.2 Å². The number of rotatable bonds is 4. The molecule has 0 spiro atoms. The molecule has 3 heteroatoms. The average molecular weight is 305 g/mol. The van der Waals surface area contributed by atoms with Gasteiger partial charge >= 0.3 is 5.97 Å². The molecule has 0 amide bonds. The molecule has 2 saturated carbocycles. The summed E-state index contributed by atoms with van der Waals surface area (Å²) >= 11 is 0. The van der Waals surface area contributed by atoms with E-state index in [4.69, 9.17) is 4.74 Å². The van der Waals surface area contributed by atoms with Crippen molar-refractivity contribution in [2.24, 2.45) is 23.2 Å². The summed E-state index contributed by atoms with van der Waals surface area (Å²) in [5, 5.41) is 3.51. The van der Waals surface area contributed by atoms with Crippen molar-refractivity contribution in [3.8, 4) is 0 Å². The molecule has 1 N–H and O–H groups in total. The molecular formula is C19H31NO2. The van der Waals surface area contributed by atoms with Gasteiger partial charge in [-0.1, -0.05) is 26.0 Å². The molecule has 3 unspecified atom stereocenters. The van der Waals surface area contributed by atoms with Crippen molar-refractivity contribution in [2.45, 2.75) is 71.4 Å². The minimum Gasteiger partial charge on any atom is -0.462 e. The summed E-state index contributed by atoms with van der Waals surface area (Å²) in [6.45, 7) is 11.9. The third kappa shape index (κ3) is 2.73. The van der Waals surface area contributed by atoms with Crippen LogP contribution in [-0.4, -0.2) is 24.7 Å². The highest BCUT2D eigenvalue weighted by atomic mass is 16.6. The molecule has 6 atom stereocenters. The number of hydrogen-bond donors (Lipinski definition) is 1. The van der Waals surface area contributed by atoms with E-state index in [1.807, 2.05) is 0 Å². The third-order valence-electron chi connectivity index (χ3n) is 6.62. The number of nitrogens with one attached hydrogen (secondary N) is 1. The molecule has 1 heterocycles. The van der Waals surface area contributed by atoms with Crippen LogP contribution in [0.1, 0.15) is 59.3 Å². The first-order valence-electron chi connectivity index (χ1n) is 9.06. The molecule has 0 radical (unpaired) electrons. The Morgan fingerprint density at radius 3 is 3.00 bits per heavy atom. The smallest absolute Gasteiger partial charge is 0.310 e. The Balaban J connectivity index is 1.73. The normalized spacial score (nSPS) is 42.5. The Morgan fingerprint density at radius 2 is 2.27 bits per heavy atom. The highest BCUT2D eigenvalue weighted by Gasteiger charge is 2.54. The van der Waals surface area contributed by atoms with Gasteiger partial charge in [0.1, 0.15) is 6.10 Å². The second kappa shape index (κ2) is 5.99. The molecule has 124 valence electrons. The van der Waals surface area contributed by atoms with Crippen LogP contribution < -0.4 is 5.32 Å². The molecule has 3 aliphatic rings. The lowest BCUT2D eigenvalue weighted by Gasteiger charge is -2.50. The minimum absolute atomic E-state index is 0.0265. The second-order valence-electron chi connectivity index (χ2n) is 8.12. The van der Waals surface area contributed by atoms with E-state index in [1.54, 1.807) is 0 Å². The van der Waals surface area contributed by atoms with Crippen LogP contribution in [0.25, 0.3) is 0 Å². The fourth-order valence-corrected chi connectivity index (χ4v) is 4.96. The molecule has 1 aliphatic heterocycles. The summed E-state index contributed by atoms with van der Waals surface area (Å²) in [6.07, 6.45) is 7.04. The van der Waals surface area contributed by atoms with Crippen molar-refractivity contribution >= 4 is 5.97 Å². The molecule has 3 rings (SSSR count). The van der Waals surface area contributed by atoms with E-state index in [9.17, 15) is 4.79 Å². The zero-order valence-corrected chi connectivity index (χ0v) is 14.4. The SMILES string of the molecule is C=C1CCC[C@]2(C)C[C@H]3OC(=O)C(CNC(C)CC)[C@H]3CC12. The van der Waals surface area contributed by atoms with E-state index in [2.05, 4.69) is 32.7 Å². The van der Waals surface area contributed by atoms with Gasteiger partial charge in [0.05, 0.1) is 5.92 Å². The summed E-state index contributed by atoms with van der Waals surface area (Å²) in [5.41, 5.74) is 1.72. The maximum Gasteiger partial charge on any atom is 0.310 e. The molecule has 2 aliphatic carbocycles. The first-order valence-corrected chi connectivity index (χ1v) is 9.06. The predicted molar refractivity (Wildman–Crippen MR) is 88.4 cm³/mol. The Morgan fingerprint density at radius 1 is 1.50 bits per heavy atom. The third-order valence-corrected chi connectivity index (χ3v) is 6.62. The maximum absolute atomic E-state index is 12.3. The lowest BCUT2D eigenvalue weighted by atomic mass is 9.55. The highest BCUT2D eigenvalue weighted by Crippen LogP contribution is 2.56. The number of carbonyl (C=O) groups is 1. The lowest BCUT2D eigenvalue weighted by molar-refractivity contribution is -0.146. The van der Waals surface area contributed by atoms with E-state index in [0.717, 1.165) is 25.8 Å². The van der Waals surface area contributed by atoms with Crippen LogP contribution in [-0.2, 0) is 9.53 Å². The first-order chi connectivity index (χ1) is 10.4. The maximum atomic E-state index is 12.3. The molecule has 0 aromatic carbocycles. The predicted octanol–water partition coefficient (Wildman–Crippen LogP) is 3.69. The second-order valence-corrected chi connectivity index (χ2v) is 8.12. The van der Waals surface area contributed by atoms with E-state index in [-0.39, 0.29) is 18.0 Å². The monoisotopic (exact) mass is 305 g/mol. The summed E-state index contributed by atoms with van der Waals surface area (Å²) in [4.78, 5) is 12.3. The molecule has 3 nitrogen and oxygen atoms in total. The van der Waals surface area contributed by atoms with E-state index in [0.29, 0.717) is 23.3 Å². The van der Waals surface area contributed by atoms with Crippen LogP contribution in [0.2, 0.25) is 0 Å². The molecule has 0 aromatic rings. The van der Waals surface area contributed by atoms with Crippen LogP contribution in [0.4, 0.5) is 0 Å². The topological polar surface area (TPSA) is 38.3 Å². The summed E-state index contributed by atoms with van der Waals surface area (Å²) in [6, 6.07) is 0.463. The van der Waals surface area contributed by atoms with Gasteiger partial charge in [-0.3, -0.25) is 4.79 Å². The van der Waals surface area contributed by atoms with E-state index in [1.165, 1.54) is 24.8 Å². The van der Waals surface area contributed by atoms with Crippen molar-refractivity contribution < 1.29 is 9.53 Å². The van der Waals surface area contributed by atoms with Gasteiger partial charge in [0, 0.05) is 18.5 Å². The van der Waals surface area contributed by atoms with Crippen molar-refractivity contribution in [1.29, 1.82) is 0 Å². The van der Waals surface area contributed by atoms with Crippen molar-refractivity contribution in [3.63, 3.8) is 0 Å². The summed E-state index contributed by atoms with van der Waals surface area (Å²) in [7, 11) is 0. The fraction of sp³-hybridized carbons (Fsp3) is 0.842. The van der Waals surface area contributed by atoms with Gasteiger partial charge in [-0.25, -0.2) is 0 Å². The van der Waals surface area contributed by atoms with Gasteiger partial charge in [-0.2, -0.15) is 0 Å². The van der Waals surface area contributed by atoms with Gasteiger partial charge < -0.3 is 10.1 Å². The van der Waals surface area contributed by atoms with Crippen LogP contribution in [0, 0.1) is 23.2 Å². The van der Waals surface area contributed by atoms with E-state index < -0.39 is 0 Å². The first kappa shape index (κ1) is 16.0. The van der Waals surface area contributed by atoms with Gasteiger partial charge in [0.15, 0.2) is 0 Å². The minimum atomic E-state index is 0.0265. The van der Waals surface area contributed by atoms with Crippen LogP contribution in [0.15, 0.2) is 12.2 Å². The quantitative estimate of drug-likeness (QED) is 0.636. The van der Waals surface area contributed by atoms with Gasteiger partial charge in [-0.05, 0) is 56.8 Å². The molecule has 1 saturated heterocycles. The lowest BCUT2D eigenvalue weighted by Crippen LogP contribution is -2.45. The Labute approximate surface area is 134 Å². The summed E-state index contributed by atoms with van der Waals surface area (Å²) < 4.78 is 5.78. The Bertz CT molecular complexity index is 460. The van der Waals surface area contributed by atoms with Crippen LogP contribution in [0.5, 0.6) is 0 Å². The molecule has 0 aromatic heterocycles. The Kier molecular flexibility index (Phi) is 4.37. The van der Waals surface area contributed by atoms with E-state index >= 15 is 0 Å². The number of ether oxygens (including phenoxy) is 1. The molecule has 3 fully saturated rings. The Hall–Kier alpha value is -0.830. The largest absolute Gasteiger partial charge is 0.462 e. The van der Waals surface area contributed by atoms with Gasteiger partial charge in [-0.15, -0.1) is 0 Å². The highest BCUT2D eigenvalue weighted by molar-refractivity contribution is 5.75. The zero-order chi connectivity index (χ0) is 15.9.